The Bertz CT molecular complexity index is 607. The molecule has 1 N–H and O–H groups in total. The Balaban J connectivity index is 2.04. The molecule has 3 rings (SSSR count). The van der Waals surface area contributed by atoms with Crippen molar-refractivity contribution >= 4 is 33.6 Å². The maximum Gasteiger partial charge on any atom is 0.0926 e. The van der Waals surface area contributed by atoms with E-state index in [4.69, 9.17) is 11.6 Å². The van der Waals surface area contributed by atoms with Crippen LogP contribution in [0.2, 0.25) is 5.02 Å². The molecular weight excluding hydrogens is 286 g/mol. The maximum absolute atomic E-state index is 6.49. The molecule has 0 aliphatic heterocycles. The maximum atomic E-state index is 6.49. The summed E-state index contributed by atoms with van der Waals surface area (Å²) in [4.78, 5) is 0. The van der Waals surface area contributed by atoms with E-state index in [1.165, 1.54) is 24.0 Å². The van der Waals surface area contributed by atoms with Crippen molar-refractivity contribution in [2.45, 2.75) is 44.9 Å². The van der Waals surface area contributed by atoms with Crippen LogP contribution in [0.4, 0.5) is 10.7 Å². The highest BCUT2D eigenvalue weighted by Crippen LogP contribution is 2.46. The highest BCUT2D eigenvalue weighted by Gasteiger charge is 2.29. The summed E-state index contributed by atoms with van der Waals surface area (Å²) in [5.41, 5.74) is 3.91. The summed E-state index contributed by atoms with van der Waals surface area (Å²) in [5, 5.41) is 7.66. The molecule has 2 aromatic rings. The largest absolute Gasteiger partial charge is 0.347 e. The zero-order valence-electron chi connectivity index (χ0n) is 12.2. The van der Waals surface area contributed by atoms with Crippen LogP contribution in [0.25, 0.3) is 0 Å². The van der Waals surface area contributed by atoms with E-state index in [0.717, 1.165) is 15.7 Å². The van der Waals surface area contributed by atoms with Crippen molar-refractivity contribution in [3.63, 3.8) is 0 Å². The van der Waals surface area contributed by atoms with Gasteiger partial charge in [-0.15, -0.1) is 11.3 Å². The Kier molecular flexibility index (Phi) is 3.55. The monoisotopic (exact) mass is 305 g/mol. The van der Waals surface area contributed by atoms with Gasteiger partial charge in [-0.3, -0.25) is 0 Å². The van der Waals surface area contributed by atoms with Gasteiger partial charge in [-0.05, 0) is 58.9 Å². The lowest BCUT2D eigenvalue weighted by Gasteiger charge is -2.25. The van der Waals surface area contributed by atoms with Crippen LogP contribution in [0.1, 0.15) is 50.7 Å². The molecule has 1 aromatic carbocycles. The third kappa shape index (κ3) is 2.87. The van der Waals surface area contributed by atoms with Crippen molar-refractivity contribution in [2.24, 2.45) is 0 Å². The molecule has 0 amide bonds. The molecule has 1 nitrogen and oxygen atoms in total. The smallest absolute Gasteiger partial charge is 0.0926 e. The van der Waals surface area contributed by atoms with Crippen molar-refractivity contribution in [1.29, 1.82) is 0 Å². The Labute approximate surface area is 130 Å². The number of rotatable bonds is 3. The second-order valence-corrected chi connectivity index (χ2v) is 7.90. The Morgan fingerprint density at radius 3 is 2.55 bits per heavy atom. The second-order valence-electron chi connectivity index (χ2n) is 6.55. The van der Waals surface area contributed by atoms with Crippen molar-refractivity contribution < 1.29 is 0 Å². The summed E-state index contributed by atoms with van der Waals surface area (Å²) in [7, 11) is 0. The van der Waals surface area contributed by atoms with Gasteiger partial charge in [0.25, 0.3) is 0 Å². The predicted octanol–water partition coefficient (Wildman–Crippen LogP) is 6.32. The lowest BCUT2D eigenvalue weighted by Crippen LogP contribution is -2.14. The first-order chi connectivity index (χ1) is 9.45. The summed E-state index contributed by atoms with van der Waals surface area (Å²) in [6, 6.07) is 8.58. The van der Waals surface area contributed by atoms with Gasteiger partial charge in [-0.1, -0.05) is 38.4 Å². The van der Waals surface area contributed by atoms with E-state index < -0.39 is 0 Å². The van der Waals surface area contributed by atoms with Gasteiger partial charge in [-0.2, -0.15) is 0 Å². The van der Waals surface area contributed by atoms with Crippen LogP contribution in [-0.4, -0.2) is 0 Å². The topological polar surface area (TPSA) is 12.0 Å². The third-order valence-electron chi connectivity index (χ3n) is 3.74. The zero-order chi connectivity index (χ0) is 14.3. The standard InChI is InChI=1S/C17H20ClNS/c1-17(2,3)13-9-12(11-6-7-11)14(18)10-15(13)19-16-5-4-8-20-16/h4-5,8-11,19H,6-7H2,1-3H3. The number of benzene rings is 1. The molecule has 1 fully saturated rings. The van der Waals surface area contributed by atoms with E-state index in [1.807, 2.05) is 0 Å². The van der Waals surface area contributed by atoms with Crippen LogP contribution in [-0.2, 0) is 5.41 Å². The van der Waals surface area contributed by atoms with Crippen molar-refractivity contribution in [2.75, 3.05) is 5.32 Å². The highest BCUT2D eigenvalue weighted by molar-refractivity contribution is 7.14. The molecule has 1 aliphatic carbocycles. The van der Waals surface area contributed by atoms with E-state index >= 15 is 0 Å². The molecule has 0 saturated heterocycles. The van der Waals surface area contributed by atoms with Gasteiger partial charge in [0, 0.05) is 10.7 Å². The summed E-state index contributed by atoms with van der Waals surface area (Å²) >= 11 is 8.20. The summed E-state index contributed by atoms with van der Waals surface area (Å²) in [6.45, 7) is 6.77. The molecule has 1 saturated carbocycles. The molecule has 0 spiro atoms. The normalized spacial score (nSPS) is 15.4. The molecule has 1 aliphatic rings. The third-order valence-corrected chi connectivity index (χ3v) is 4.85. The molecule has 106 valence electrons. The summed E-state index contributed by atoms with van der Waals surface area (Å²) in [5.74, 6) is 0.680. The van der Waals surface area contributed by atoms with Crippen LogP contribution in [0, 0.1) is 0 Å². The lowest BCUT2D eigenvalue weighted by molar-refractivity contribution is 0.591. The number of hydrogen-bond acceptors (Lipinski definition) is 2. The molecule has 0 unspecified atom stereocenters. The van der Waals surface area contributed by atoms with E-state index in [1.54, 1.807) is 11.3 Å². The minimum atomic E-state index is 0.105. The van der Waals surface area contributed by atoms with Gasteiger partial charge in [0.05, 0.1) is 5.00 Å². The fraction of sp³-hybridized carbons (Fsp3) is 0.412. The van der Waals surface area contributed by atoms with Gasteiger partial charge in [0.1, 0.15) is 0 Å². The second kappa shape index (κ2) is 5.09. The van der Waals surface area contributed by atoms with Crippen LogP contribution in [0.15, 0.2) is 29.6 Å². The van der Waals surface area contributed by atoms with Gasteiger partial charge >= 0.3 is 0 Å². The van der Waals surface area contributed by atoms with Crippen LogP contribution in [0.3, 0.4) is 0 Å². The van der Waals surface area contributed by atoms with Gasteiger partial charge < -0.3 is 5.32 Å². The van der Waals surface area contributed by atoms with E-state index in [2.05, 4.69) is 55.7 Å². The minimum absolute atomic E-state index is 0.105. The van der Waals surface area contributed by atoms with Crippen molar-refractivity contribution in [3.05, 3.63) is 45.8 Å². The molecule has 0 radical (unpaired) electrons. The highest BCUT2D eigenvalue weighted by atomic mass is 35.5. The van der Waals surface area contributed by atoms with E-state index in [0.29, 0.717) is 5.92 Å². The fourth-order valence-electron chi connectivity index (χ4n) is 2.50. The van der Waals surface area contributed by atoms with Crippen LogP contribution < -0.4 is 5.32 Å². The molecule has 20 heavy (non-hydrogen) atoms. The molecule has 0 bridgehead atoms. The first-order valence-electron chi connectivity index (χ1n) is 7.09. The van der Waals surface area contributed by atoms with Crippen LogP contribution >= 0.6 is 22.9 Å². The average molecular weight is 306 g/mol. The minimum Gasteiger partial charge on any atom is -0.347 e. The van der Waals surface area contributed by atoms with Gasteiger partial charge in [0.15, 0.2) is 0 Å². The molecule has 0 atom stereocenters. The predicted molar refractivity (Wildman–Crippen MR) is 89.7 cm³/mol. The Morgan fingerprint density at radius 2 is 2.00 bits per heavy atom. The molecular formula is C17H20ClNS. The first kappa shape index (κ1) is 14.0. The zero-order valence-corrected chi connectivity index (χ0v) is 13.7. The lowest BCUT2D eigenvalue weighted by atomic mass is 9.84. The molecule has 1 heterocycles. The Morgan fingerprint density at radius 1 is 1.25 bits per heavy atom. The number of halogens is 1. The van der Waals surface area contributed by atoms with E-state index in [-0.39, 0.29) is 5.41 Å². The van der Waals surface area contributed by atoms with Crippen molar-refractivity contribution in [3.8, 4) is 0 Å². The number of nitrogens with one attached hydrogen (secondary N) is 1. The number of thiophene rings is 1. The SMILES string of the molecule is CC(C)(C)c1cc(C2CC2)c(Cl)cc1Nc1cccs1. The summed E-state index contributed by atoms with van der Waals surface area (Å²) in [6.07, 6.45) is 2.56. The first-order valence-corrected chi connectivity index (χ1v) is 8.35. The van der Waals surface area contributed by atoms with Gasteiger partial charge in [0.2, 0.25) is 0 Å². The Hall–Kier alpha value is -0.990. The summed E-state index contributed by atoms with van der Waals surface area (Å²) < 4.78 is 0. The number of anilines is 2. The quantitative estimate of drug-likeness (QED) is 0.699. The molecule has 1 aromatic heterocycles. The fourth-order valence-corrected chi connectivity index (χ4v) is 3.45. The van der Waals surface area contributed by atoms with Gasteiger partial charge in [-0.25, -0.2) is 0 Å². The number of hydrogen-bond donors (Lipinski definition) is 1. The van der Waals surface area contributed by atoms with Crippen LogP contribution in [0.5, 0.6) is 0 Å². The average Bonchev–Trinajstić information content (AvgIpc) is 3.06. The van der Waals surface area contributed by atoms with E-state index in [9.17, 15) is 0 Å². The van der Waals surface area contributed by atoms with Crippen molar-refractivity contribution in [1.82, 2.24) is 0 Å². The molecule has 3 heteroatoms.